The number of aryl methyl sites for hydroxylation is 2. The van der Waals surface area contributed by atoms with Crippen molar-refractivity contribution in [3.63, 3.8) is 0 Å². The summed E-state index contributed by atoms with van der Waals surface area (Å²) >= 11 is 0. The van der Waals surface area contributed by atoms with E-state index in [-0.39, 0.29) is 23.8 Å². The minimum atomic E-state index is -3.57. The fourth-order valence-corrected chi connectivity index (χ4v) is 4.30. The van der Waals surface area contributed by atoms with Gasteiger partial charge < -0.3 is 4.90 Å². The van der Waals surface area contributed by atoms with Crippen molar-refractivity contribution in [2.45, 2.75) is 44.9 Å². The third kappa shape index (κ3) is 4.78. The van der Waals surface area contributed by atoms with Crippen LogP contribution in [0.5, 0.6) is 0 Å². The molecule has 1 saturated heterocycles. The van der Waals surface area contributed by atoms with Gasteiger partial charge in [-0.1, -0.05) is 19.1 Å². The van der Waals surface area contributed by atoms with Crippen molar-refractivity contribution < 1.29 is 13.2 Å². The Bertz CT molecular complexity index is 670. The topological polar surface area (TPSA) is 66.5 Å². The lowest BCUT2D eigenvalue weighted by Crippen LogP contribution is -2.40. The van der Waals surface area contributed by atoms with Crippen LogP contribution in [-0.2, 0) is 14.8 Å². The Kier molecular flexibility index (Phi) is 5.81. The van der Waals surface area contributed by atoms with E-state index in [4.69, 9.17) is 0 Å². The Morgan fingerprint density at radius 2 is 2.09 bits per heavy atom. The lowest BCUT2D eigenvalue weighted by Gasteiger charge is -2.31. The number of carbonyl (C=O) groups excluding carboxylic acids is 1. The van der Waals surface area contributed by atoms with Crippen LogP contribution < -0.4 is 4.72 Å². The van der Waals surface area contributed by atoms with Crippen LogP contribution >= 0.6 is 0 Å². The van der Waals surface area contributed by atoms with Crippen molar-refractivity contribution in [3.8, 4) is 0 Å². The fourth-order valence-electron chi connectivity index (χ4n) is 2.94. The summed E-state index contributed by atoms with van der Waals surface area (Å²) in [6.45, 7) is 7.48. The minimum Gasteiger partial charge on any atom is -0.342 e. The largest absolute Gasteiger partial charge is 0.342 e. The van der Waals surface area contributed by atoms with E-state index in [2.05, 4.69) is 11.6 Å². The summed E-state index contributed by atoms with van der Waals surface area (Å²) in [4.78, 5) is 14.3. The second-order valence-electron chi connectivity index (χ2n) is 6.50. The van der Waals surface area contributed by atoms with Crippen LogP contribution in [0.3, 0.4) is 0 Å². The molecular weight excluding hydrogens is 312 g/mol. The van der Waals surface area contributed by atoms with E-state index in [0.717, 1.165) is 31.5 Å². The van der Waals surface area contributed by atoms with Gasteiger partial charge >= 0.3 is 0 Å². The zero-order valence-electron chi connectivity index (χ0n) is 14.1. The average molecular weight is 338 g/mol. The SMILES string of the molecule is Cc1ccc(C)c(S(=O)(=O)NCCC(=O)N2CCC[C@H](C)C2)c1. The lowest BCUT2D eigenvalue weighted by molar-refractivity contribution is -0.132. The molecule has 1 N–H and O–H groups in total. The maximum Gasteiger partial charge on any atom is 0.240 e. The molecule has 1 aromatic rings. The van der Waals surface area contributed by atoms with Crippen molar-refractivity contribution in [1.29, 1.82) is 0 Å². The first-order chi connectivity index (χ1) is 10.8. The van der Waals surface area contributed by atoms with Gasteiger partial charge in [-0.3, -0.25) is 4.79 Å². The molecule has 1 atom stereocenters. The predicted molar refractivity (Wildman–Crippen MR) is 90.7 cm³/mol. The smallest absolute Gasteiger partial charge is 0.240 e. The first kappa shape index (κ1) is 17.9. The molecule has 0 radical (unpaired) electrons. The molecule has 0 aromatic heterocycles. The molecule has 1 heterocycles. The van der Waals surface area contributed by atoms with E-state index in [1.54, 1.807) is 19.1 Å². The van der Waals surface area contributed by atoms with Gasteiger partial charge in [0.25, 0.3) is 0 Å². The Morgan fingerprint density at radius 1 is 1.35 bits per heavy atom. The number of sulfonamides is 1. The van der Waals surface area contributed by atoms with Crippen molar-refractivity contribution in [2.75, 3.05) is 19.6 Å². The zero-order valence-corrected chi connectivity index (χ0v) is 14.9. The van der Waals surface area contributed by atoms with Crippen LogP contribution in [0.25, 0.3) is 0 Å². The number of nitrogens with zero attached hydrogens (tertiary/aromatic N) is 1. The first-order valence-electron chi connectivity index (χ1n) is 8.14. The standard InChI is InChI=1S/C17H26N2O3S/c1-13-6-7-15(3)16(11-13)23(21,22)18-9-8-17(20)19-10-4-5-14(2)12-19/h6-7,11,14,18H,4-5,8-10,12H2,1-3H3/t14-/m0/s1. The van der Waals surface area contributed by atoms with E-state index < -0.39 is 10.0 Å². The molecule has 0 spiro atoms. The highest BCUT2D eigenvalue weighted by atomic mass is 32.2. The van der Waals surface area contributed by atoms with E-state index >= 15 is 0 Å². The lowest BCUT2D eigenvalue weighted by atomic mass is 10.0. The van der Waals surface area contributed by atoms with Gasteiger partial charge in [0.2, 0.25) is 15.9 Å². The summed E-state index contributed by atoms with van der Waals surface area (Å²) in [7, 11) is -3.57. The number of nitrogens with one attached hydrogen (secondary N) is 1. The second-order valence-corrected chi connectivity index (χ2v) is 8.24. The summed E-state index contributed by atoms with van der Waals surface area (Å²) in [6, 6.07) is 5.34. The van der Waals surface area contributed by atoms with Crippen LogP contribution in [0.1, 0.15) is 37.3 Å². The Morgan fingerprint density at radius 3 is 2.78 bits per heavy atom. The Hall–Kier alpha value is -1.40. The van der Waals surface area contributed by atoms with Gasteiger partial charge in [0.05, 0.1) is 4.90 Å². The van der Waals surface area contributed by atoms with Gasteiger partial charge in [-0.25, -0.2) is 13.1 Å². The Labute approximate surface area is 139 Å². The third-order valence-corrected chi connectivity index (χ3v) is 5.88. The summed E-state index contributed by atoms with van der Waals surface area (Å²) in [5, 5.41) is 0. The molecule has 6 heteroatoms. The van der Waals surface area contributed by atoms with Gasteiger partial charge in [0.1, 0.15) is 0 Å². The molecule has 1 amide bonds. The monoisotopic (exact) mass is 338 g/mol. The van der Waals surface area contributed by atoms with Crippen molar-refractivity contribution in [1.82, 2.24) is 9.62 Å². The van der Waals surface area contributed by atoms with Crippen molar-refractivity contribution >= 4 is 15.9 Å². The zero-order chi connectivity index (χ0) is 17.0. The summed E-state index contributed by atoms with van der Waals surface area (Å²) in [6.07, 6.45) is 2.39. The minimum absolute atomic E-state index is 0.0280. The number of amides is 1. The molecule has 1 aliphatic rings. The molecule has 128 valence electrons. The van der Waals surface area contributed by atoms with Gasteiger partial charge in [-0.05, 0) is 49.8 Å². The molecule has 1 aliphatic heterocycles. The van der Waals surface area contributed by atoms with Gasteiger partial charge in [0.15, 0.2) is 0 Å². The van der Waals surface area contributed by atoms with Crippen LogP contribution in [-0.4, -0.2) is 38.9 Å². The predicted octanol–water partition coefficient (Wildman–Crippen LogP) is 2.23. The molecule has 1 aromatic carbocycles. The average Bonchev–Trinajstić information content (AvgIpc) is 2.49. The summed E-state index contributed by atoms with van der Waals surface area (Å²) in [5.74, 6) is 0.555. The molecular formula is C17H26N2O3S. The molecule has 2 rings (SSSR count). The first-order valence-corrected chi connectivity index (χ1v) is 9.62. The second kappa shape index (κ2) is 7.45. The van der Waals surface area contributed by atoms with Gasteiger partial charge in [0, 0.05) is 26.1 Å². The normalized spacial score (nSPS) is 18.9. The highest BCUT2D eigenvalue weighted by Gasteiger charge is 2.22. The molecule has 0 unspecified atom stereocenters. The van der Waals surface area contributed by atoms with Gasteiger partial charge in [-0.15, -0.1) is 0 Å². The van der Waals surface area contributed by atoms with Crippen molar-refractivity contribution in [3.05, 3.63) is 29.3 Å². The number of likely N-dealkylation sites (tertiary alicyclic amines) is 1. The maximum absolute atomic E-state index is 12.4. The van der Waals surface area contributed by atoms with E-state index in [1.807, 2.05) is 17.9 Å². The van der Waals surface area contributed by atoms with Crippen LogP contribution in [0.4, 0.5) is 0 Å². The number of carbonyl (C=O) groups is 1. The summed E-state index contributed by atoms with van der Waals surface area (Å²) in [5.41, 5.74) is 1.61. The quantitative estimate of drug-likeness (QED) is 0.895. The molecule has 0 aliphatic carbocycles. The highest BCUT2D eigenvalue weighted by Crippen LogP contribution is 2.17. The number of benzene rings is 1. The fraction of sp³-hybridized carbons (Fsp3) is 0.588. The molecule has 0 bridgehead atoms. The molecule has 1 fully saturated rings. The third-order valence-electron chi connectivity index (χ3n) is 4.27. The number of rotatable bonds is 5. The van der Waals surface area contributed by atoms with Crippen LogP contribution in [0, 0.1) is 19.8 Å². The molecule has 23 heavy (non-hydrogen) atoms. The molecule has 5 nitrogen and oxygen atoms in total. The van der Waals surface area contributed by atoms with Crippen LogP contribution in [0.2, 0.25) is 0 Å². The highest BCUT2D eigenvalue weighted by molar-refractivity contribution is 7.89. The number of hydrogen-bond acceptors (Lipinski definition) is 3. The Balaban J connectivity index is 1.92. The van der Waals surface area contributed by atoms with Crippen molar-refractivity contribution in [2.24, 2.45) is 5.92 Å². The maximum atomic E-state index is 12.4. The van der Waals surface area contributed by atoms with E-state index in [1.165, 1.54) is 0 Å². The number of piperidine rings is 1. The van der Waals surface area contributed by atoms with E-state index in [0.29, 0.717) is 11.5 Å². The van der Waals surface area contributed by atoms with Crippen LogP contribution in [0.15, 0.2) is 23.1 Å². The van der Waals surface area contributed by atoms with E-state index in [9.17, 15) is 13.2 Å². The molecule has 0 saturated carbocycles. The number of hydrogen-bond donors (Lipinski definition) is 1. The summed E-state index contributed by atoms with van der Waals surface area (Å²) < 4.78 is 27.3. The van der Waals surface area contributed by atoms with Gasteiger partial charge in [-0.2, -0.15) is 0 Å².